The van der Waals surface area contributed by atoms with Crippen molar-refractivity contribution in [2.24, 2.45) is 0 Å². The van der Waals surface area contributed by atoms with Crippen LogP contribution < -0.4 is 0 Å². The van der Waals surface area contributed by atoms with E-state index in [1.807, 2.05) is 42.6 Å². The molecule has 5 nitrogen and oxygen atoms in total. The topological polar surface area (TPSA) is 58.2 Å². The van der Waals surface area contributed by atoms with E-state index >= 15 is 0 Å². The number of benzene rings is 2. The number of hydroxylamine groups is 2. The highest BCUT2D eigenvalue weighted by atomic mass is 16.7. The number of nitrogens with zero attached hydrogens (tertiary/aromatic N) is 2. The first-order valence-corrected chi connectivity index (χ1v) is 8.62. The molecular formula is C22H19N3O2. The zero-order chi connectivity index (χ0) is 18.8. The minimum Gasteiger partial charge on any atom is -0.339 e. The van der Waals surface area contributed by atoms with Gasteiger partial charge in [0.1, 0.15) is 5.65 Å². The van der Waals surface area contributed by atoms with E-state index in [9.17, 15) is 4.79 Å². The molecule has 2 aromatic heterocycles. The predicted molar refractivity (Wildman–Crippen MR) is 106 cm³/mol. The normalized spacial score (nSPS) is 10.9. The number of fused-ring (bicyclic) bond motifs is 1. The van der Waals surface area contributed by atoms with Gasteiger partial charge in [-0.25, -0.2) is 10.0 Å². The molecule has 0 atom stereocenters. The standard InChI is InChI=1S/C22H19N3O2/c1-25(27-2)22(26)17-10-6-9-16(11-17)19-12-18-13-20(24-21(18)23-14-19)15-7-4-3-5-8-15/h3-14H,1-2H3,(H,23,24). The fourth-order valence-corrected chi connectivity index (χ4v) is 3.04. The quantitative estimate of drug-likeness (QED) is 0.546. The summed E-state index contributed by atoms with van der Waals surface area (Å²) < 4.78 is 0. The van der Waals surface area contributed by atoms with Gasteiger partial charge in [-0.2, -0.15) is 0 Å². The molecule has 1 N–H and O–H groups in total. The Hall–Kier alpha value is -3.44. The Morgan fingerprint density at radius 2 is 1.74 bits per heavy atom. The third kappa shape index (κ3) is 3.32. The molecule has 0 fully saturated rings. The van der Waals surface area contributed by atoms with Crippen molar-refractivity contribution in [1.82, 2.24) is 15.0 Å². The number of aromatic amines is 1. The van der Waals surface area contributed by atoms with Crippen LogP contribution in [0.15, 0.2) is 72.9 Å². The minimum atomic E-state index is -0.193. The van der Waals surface area contributed by atoms with Gasteiger partial charge in [-0.3, -0.25) is 9.63 Å². The number of H-pyrrole nitrogens is 1. The van der Waals surface area contributed by atoms with Crippen LogP contribution in [0, 0.1) is 0 Å². The summed E-state index contributed by atoms with van der Waals surface area (Å²) >= 11 is 0. The Balaban J connectivity index is 1.71. The molecule has 1 amide bonds. The van der Waals surface area contributed by atoms with E-state index in [1.54, 1.807) is 13.1 Å². The van der Waals surface area contributed by atoms with Gasteiger partial charge in [0.2, 0.25) is 0 Å². The van der Waals surface area contributed by atoms with Crippen LogP contribution >= 0.6 is 0 Å². The first kappa shape index (κ1) is 17.0. The summed E-state index contributed by atoms with van der Waals surface area (Å²) in [5, 5.41) is 2.23. The Morgan fingerprint density at radius 3 is 2.52 bits per heavy atom. The smallest absolute Gasteiger partial charge is 0.277 e. The van der Waals surface area contributed by atoms with Crippen molar-refractivity contribution in [1.29, 1.82) is 0 Å². The second-order valence-corrected chi connectivity index (χ2v) is 6.28. The molecule has 0 unspecified atom stereocenters. The maximum absolute atomic E-state index is 12.3. The van der Waals surface area contributed by atoms with Crippen LogP contribution in [0.3, 0.4) is 0 Å². The Kier molecular flexibility index (Phi) is 4.44. The number of amides is 1. The Bertz CT molecular complexity index is 1100. The second-order valence-electron chi connectivity index (χ2n) is 6.28. The number of pyridine rings is 1. The van der Waals surface area contributed by atoms with Crippen LogP contribution in [0.1, 0.15) is 10.4 Å². The summed E-state index contributed by atoms with van der Waals surface area (Å²) in [6.45, 7) is 0. The van der Waals surface area contributed by atoms with Crippen LogP contribution in [0.25, 0.3) is 33.4 Å². The van der Waals surface area contributed by atoms with Crippen molar-refractivity contribution in [2.45, 2.75) is 0 Å². The zero-order valence-corrected chi connectivity index (χ0v) is 15.1. The van der Waals surface area contributed by atoms with Crippen molar-refractivity contribution in [3.8, 4) is 22.4 Å². The van der Waals surface area contributed by atoms with Crippen LogP contribution in [-0.4, -0.2) is 35.1 Å². The third-order valence-electron chi connectivity index (χ3n) is 4.56. The maximum Gasteiger partial charge on any atom is 0.277 e. The summed E-state index contributed by atoms with van der Waals surface area (Å²) in [5.41, 5.74) is 5.44. The predicted octanol–water partition coefficient (Wildman–Crippen LogP) is 4.53. The Morgan fingerprint density at radius 1 is 0.963 bits per heavy atom. The van der Waals surface area contributed by atoms with Crippen molar-refractivity contribution >= 4 is 16.9 Å². The van der Waals surface area contributed by atoms with Crippen LogP contribution in [0.4, 0.5) is 0 Å². The molecule has 0 bridgehead atoms. The van der Waals surface area contributed by atoms with E-state index in [-0.39, 0.29) is 5.91 Å². The molecular weight excluding hydrogens is 338 g/mol. The van der Waals surface area contributed by atoms with Crippen molar-refractivity contribution < 1.29 is 9.63 Å². The van der Waals surface area contributed by atoms with Crippen molar-refractivity contribution in [3.05, 3.63) is 78.5 Å². The lowest BCUT2D eigenvalue weighted by molar-refractivity contribution is -0.0756. The van der Waals surface area contributed by atoms with Gasteiger partial charge >= 0.3 is 0 Å². The molecule has 0 aliphatic heterocycles. The number of nitrogens with one attached hydrogen (secondary N) is 1. The van der Waals surface area contributed by atoms with Gasteiger partial charge in [0.15, 0.2) is 0 Å². The molecule has 4 aromatic rings. The molecule has 27 heavy (non-hydrogen) atoms. The summed E-state index contributed by atoms with van der Waals surface area (Å²) in [6.07, 6.45) is 1.82. The highest BCUT2D eigenvalue weighted by Gasteiger charge is 2.13. The van der Waals surface area contributed by atoms with E-state index in [2.05, 4.69) is 34.2 Å². The first-order valence-electron chi connectivity index (χ1n) is 8.62. The van der Waals surface area contributed by atoms with Crippen LogP contribution in [-0.2, 0) is 4.84 Å². The summed E-state index contributed by atoms with van der Waals surface area (Å²) in [4.78, 5) is 25.2. The Labute approximate surface area is 157 Å². The van der Waals surface area contributed by atoms with Crippen molar-refractivity contribution in [3.63, 3.8) is 0 Å². The van der Waals surface area contributed by atoms with Crippen molar-refractivity contribution in [2.75, 3.05) is 14.2 Å². The minimum absolute atomic E-state index is 0.193. The summed E-state index contributed by atoms with van der Waals surface area (Å²) in [5.74, 6) is -0.193. The van der Waals surface area contributed by atoms with E-state index in [0.717, 1.165) is 33.4 Å². The summed E-state index contributed by atoms with van der Waals surface area (Å²) in [7, 11) is 3.06. The van der Waals surface area contributed by atoms with E-state index < -0.39 is 0 Å². The fraction of sp³-hybridized carbons (Fsp3) is 0.0909. The fourth-order valence-electron chi connectivity index (χ4n) is 3.04. The maximum atomic E-state index is 12.3. The van der Waals surface area contributed by atoms with Gasteiger partial charge in [-0.15, -0.1) is 0 Å². The average Bonchev–Trinajstić information content (AvgIpc) is 3.16. The molecule has 0 radical (unpaired) electrons. The molecule has 0 aliphatic rings. The number of hydrogen-bond donors (Lipinski definition) is 1. The number of carbonyl (C=O) groups excluding carboxylic acids is 1. The molecule has 2 heterocycles. The number of rotatable bonds is 4. The molecule has 134 valence electrons. The van der Waals surface area contributed by atoms with Gasteiger partial charge in [-0.1, -0.05) is 42.5 Å². The van der Waals surface area contributed by atoms with Gasteiger partial charge in [0, 0.05) is 35.5 Å². The molecule has 0 spiro atoms. The molecule has 0 saturated carbocycles. The van der Waals surface area contributed by atoms with Gasteiger partial charge in [0.05, 0.1) is 7.11 Å². The monoisotopic (exact) mass is 357 g/mol. The van der Waals surface area contributed by atoms with Gasteiger partial charge in [-0.05, 0) is 35.4 Å². The van der Waals surface area contributed by atoms with E-state index in [0.29, 0.717) is 5.56 Å². The molecule has 5 heteroatoms. The summed E-state index contributed by atoms with van der Waals surface area (Å²) in [6, 6.07) is 21.8. The lowest BCUT2D eigenvalue weighted by Gasteiger charge is -2.14. The number of aromatic nitrogens is 2. The second kappa shape index (κ2) is 7.05. The lowest BCUT2D eigenvalue weighted by atomic mass is 10.0. The molecule has 2 aromatic carbocycles. The average molecular weight is 357 g/mol. The highest BCUT2D eigenvalue weighted by Crippen LogP contribution is 2.27. The number of carbonyl (C=O) groups is 1. The molecule has 4 rings (SSSR count). The largest absolute Gasteiger partial charge is 0.339 e. The molecule has 0 aliphatic carbocycles. The van der Waals surface area contributed by atoms with E-state index in [4.69, 9.17) is 4.84 Å². The van der Waals surface area contributed by atoms with Gasteiger partial charge in [0.25, 0.3) is 5.91 Å². The third-order valence-corrected chi connectivity index (χ3v) is 4.56. The van der Waals surface area contributed by atoms with E-state index in [1.165, 1.54) is 12.2 Å². The van der Waals surface area contributed by atoms with Crippen LogP contribution in [0.2, 0.25) is 0 Å². The molecule has 0 saturated heterocycles. The van der Waals surface area contributed by atoms with Crippen LogP contribution in [0.5, 0.6) is 0 Å². The lowest BCUT2D eigenvalue weighted by Crippen LogP contribution is -2.25. The zero-order valence-electron chi connectivity index (χ0n) is 15.1. The highest BCUT2D eigenvalue weighted by molar-refractivity contribution is 5.95. The first-order chi connectivity index (χ1) is 13.2. The van der Waals surface area contributed by atoms with Gasteiger partial charge < -0.3 is 4.98 Å². The number of hydrogen-bond acceptors (Lipinski definition) is 3. The SMILES string of the molecule is CON(C)C(=O)c1cccc(-c2cnc3[nH]c(-c4ccccc4)cc3c2)c1.